The normalized spacial score (nSPS) is 15.2. The predicted molar refractivity (Wildman–Crippen MR) is 103 cm³/mol. The van der Waals surface area contributed by atoms with Crippen LogP contribution < -0.4 is 0 Å². The van der Waals surface area contributed by atoms with E-state index in [0.29, 0.717) is 11.5 Å². The second-order valence-electron chi connectivity index (χ2n) is 7.01. The number of carbonyl (C=O) groups is 1. The summed E-state index contributed by atoms with van der Waals surface area (Å²) in [6.45, 7) is 3.90. The second-order valence-corrected chi connectivity index (χ2v) is 7.01. The van der Waals surface area contributed by atoms with Gasteiger partial charge in [0.25, 0.3) is 5.91 Å². The number of rotatable bonds is 3. The molecule has 0 bridgehead atoms. The van der Waals surface area contributed by atoms with Crippen LogP contribution in [0.1, 0.15) is 30.1 Å². The van der Waals surface area contributed by atoms with Gasteiger partial charge in [-0.1, -0.05) is 55.5 Å². The van der Waals surface area contributed by atoms with Crippen molar-refractivity contribution >= 4 is 5.91 Å². The first-order valence-corrected chi connectivity index (χ1v) is 9.22. The van der Waals surface area contributed by atoms with Crippen LogP contribution in [0.2, 0.25) is 0 Å². The van der Waals surface area contributed by atoms with Crippen LogP contribution >= 0.6 is 0 Å². The molecule has 3 aromatic rings. The maximum atomic E-state index is 13.2. The molecule has 0 radical (unpaired) electrons. The fraction of sp³-hybridized carbons (Fsp3) is 0.273. The van der Waals surface area contributed by atoms with Crippen molar-refractivity contribution in [2.24, 2.45) is 5.92 Å². The Morgan fingerprint density at radius 3 is 2.23 bits per heavy atom. The van der Waals surface area contributed by atoms with Gasteiger partial charge in [-0.15, -0.1) is 0 Å². The summed E-state index contributed by atoms with van der Waals surface area (Å²) < 4.78 is 1.81. The zero-order chi connectivity index (χ0) is 17.9. The molecule has 4 rings (SSSR count). The van der Waals surface area contributed by atoms with Crippen LogP contribution in [0.15, 0.2) is 66.9 Å². The molecule has 1 aliphatic rings. The van der Waals surface area contributed by atoms with E-state index in [2.05, 4.69) is 6.92 Å². The van der Waals surface area contributed by atoms with Crippen LogP contribution in [0.25, 0.3) is 16.9 Å². The average Bonchev–Trinajstić information content (AvgIpc) is 3.15. The molecule has 1 saturated heterocycles. The Labute approximate surface area is 154 Å². The molecule has 2 aromatic carbocycles. The van der Waals surface area contributed by atoms with Gasteiger partial charge in [0.05, 0.1) is 11.3 Å². The molecule has 2 heterocycles. The third-order valence-electron chi connectivity index (χ3n) is 5.08. The van der Waals surface area contributed by atoms with Crippen LogP contribution in [0.3, 0.4) is 0 Å². The highest BCUT2D eigenvalue weighted by atomic mass is 16.2. The third kappa shape index (κ3) is 3.27. The lowest BCUT2D eigenvalue weighted by Gasteiger charge is -2.30. The Kier molecular flexibility index (Phi) is 4.57. The molecule has 0 saturated carbocycles. The number of hydrogen-bond donors (Lipinski definition) is 0. The van der Waals surface area contributed by atoms with Gasteiger partial charge >= 0.3 is 0 Å². The van der Waals surface area contributed by atoms with Gasteiger partial charge in [-0.05, 0) is 30.9 Å². The number of benzene rings is 2. The summed E-state index contributed by atoms with van der Waals surface area (Å²) in [6, 6.07) is 19.9. The fourth-order valence-electron chi connectivity index (χ4n) is 3.43. The van der Waals surface area contributed by atoms with Gasteiger partial charge in [-0.3, -0.25) is 4.79 Å². The molecular formula is C22H23N3O. The first-order chi connectivity index (χ1) is 12.7. The highest BCUT2D eigenvalue weighted by Gasteiger charge is 2.26. The number of aromatic nitrogens is 2. The van der Waals surface area contributed by atoms with Crippen LogP contribution in [0, 0.1) is 5.92 Å². The number of carbonyl (C=O) groups excluding carboxylic acids is 1. The third-order valence-corrected chi connectivity index (χ3v) is 5.08. The van der Waals surface area contributed by atoms with Crippen molar-refractivity contribution in [3.63, 3.8) is 0 Å². The van der Waals surface area contributed by atoms with E-state index < -0.39 is 0 Å². The summed E-state index contributed by atoms with van der Waals surface area (Å²) >= 11 is 0. The Balaban J connectivity index is 1.74. The van der Waals surface area contributed by atoms with Crippen molar-refractivity contribution in [3.8, 4) is 16.9 Å². The molecule has 0 N–H and O–H groups in total. The molecule has 1 aliphatic heterocycles. The minimum absolute atomic E-state index is 0.0814. The van der Waals surface area contributed by atoms with Gasteiger partial charge in [0.2, 0.25) is 0 Å². The number of hydrogen-bond acceptors (Lipinski definition) is 2. The minimum atomic E-state index is 0.0814. The van der Waals surface area contributed by atoms with Crippen molar-refractivity contribution in [1.82, 2.24) is 14.7 Å². The summed E-state index contributed by atoms with van der Waals surface area (Å²) in [5.74, 6) is 0.776. The van der Waals surface area contributed by atoms with Crippen LogP contribution in [-0.4, -0.2) is 33.7 Å². The highest BCUT2D eigenvalue weighted by Crippen LogP contribution is 2.26. The van der Waals surface area contributed by atoms with Crippen LogP contribution in [-0.2, 0) is 0 Å². The summed E-state index contributed by atoms with van der Waals surface area (Å²) in [4.78, 5) is 15.2. The van der Waals surface area contributed by atoms with Crippen molar-refractivity contribution < 1.29 is 4.79 Å². The second kappa shape index (κ2) is 7.16. The Morgan fingerprint density at radius 1 is 0.962 bits per heavy atom. The van der Waals surface area contributed by atoms with Crippen molar-refractivity contribution in [2.45, 2.75) is 19.8 Å². The molecule has 1 amide bonds. The van der Waals surface area contributed by atoms with E-state index in [1.165, 1.54) is 0 Å². The standard InChI is InChI=1S/C22H23N3O/c1-17-12-14-24(15-13-17)22(26)20-16-25(19-10-6-3-7-11-19)23-21(20)18-8-4-2-5-9-18/h2-11,16-17H,12-15H2,1H3. The molecule has 0 unspecified atom stereocenters. The van der Waals surface area contributed by atoms with E-state index in [-0.39, 0.29) is 5.91 Å². The van der Waals surface area contributed by atoms with E-state index in [9.17, 15) is 4.79 Å². The fourth-order valence-corrected chi connectivity index (χ4v) is 3.43. The van der Waals surface area contributed by atoms with E-state index in [0.717, 1.165) is 42.9 Å². The van der Waals surface area contributed by atoms with Gasteiger partial charge in [-0.2, -0.15) is 5.10 Å². The molecule has 0 spiro atoms. The number of likely N-dealkylation sites (tertiary alicyclic amines) is 1. The molecule has 4 nitrogen and oxygen atoms in total. The van der Waals surface area contributed by atoms with E-state index in [1.54, 1.807) is 0 Å². The topological polar surface area (TPSA) is 38.1 Å². The zero-order valence-corrected chi connectivity index (χ0v) is 15.0. The molecule has 0 atom stereocenters. The first kappa shape index (κ1) is 16.6. The monoisotopic (exact) mass is 345 g/mol. The van der Waals surface area contributed by atoms with E-state index in [4.69, 9.17) is 5.10 Å². The number of nitrogens with zero attached hydrogens (tertiary/aromatic N) is 3. The maximum absolute atomic E-state index is 13.2. The van der Waals surface area contributed by atoms with Gasteiger partial charge in [-0.25, -0.2) is 4.68 Å². The molecule has 4 heteroatoms. The minimum Gasteiger partial charge on any atom is -0.339 e. The SMILES string of the molecule is CC1CCN(C(=O)c2cn(-c3ccccc3)nc2-c2ccccc2)CC1. The Bertz CT molecular complexity index is 878. The van der Waals surface area contributed by atoms with Crippen molar-refractivity contribution in [1.29, 1.82) is 0 Å². The largest absolute Gasteiger partial charge is 0.339 e. The molecule has 1 fully saturated rings. The average molecular weight is 345 g/mol. The zero-order valence-electron chi connectivity index (χ0n) is 15.0. The summed E-state index contributed by atoms with van der Waals surface area (Å²) in [6.07, 6.45) is 4.01. The maximum Gasteiger partial charge on any atom is 0.257 e. The quantitative estimate of drug-likeness (QED) is 0.705. The lowest BCUT2D eigenvalue weighted by atomic mass is 9.98. The molecule has 26 heavy (non-hydrogen) atoms. The smallest absolute Gasteiger partial charge is 0.257 e. The summed E-state index contributed by atoms with van der Waals surface area (Å²) in [7, 11) is 0. The molecule has 1 aromatic heterocycles. The first-order valence-electron chi connectivity index (χ1n) is 9.22. The van der Waals surface area contributed by atoms with Crippen LogP contribution in [0.4, 0.5) is 0 Å². The number of amides is 1. The molecule has 0 aliphatic carbocycles. The molecule has 132 valence electrons. The van der Waals surface area contributed by atoms with Crippen molar-refractivity contribution in [2.75, 3.05) is 13.1 Å². The van der Waals surface area contributed by atoms with Gasteiger partial charge in [0, 0.05) is 24.8 Å². The van der Waals surface area contributed by atoms with Gasteiger partial charge in [0.1, 0.15) is 5.69 Å². The molecular weight excluding hydrogens is 322 g/mol. The highest BCUT2D eigenvalue weighted by molar-refractivity contribution is 6.00. The number of piperidine rings is 1. The van der Waals surface area contributed by atoms with Gasteiger partial charge < -0.3 is 4.90 Å². The lowest BCUT2D eigenvalue weighted by molar-refractivity contribution is 0.0698. The van der Waals surface area contributed by atoms with Crippen molar-refractivity contribution in [3.05, 3.63) is 72.4 Å². The number of para-hydroxylation sites is 1. The van der Waals surface area contributed by atoms with E-state index in [1.807, 2.05) is 76.4 Å². The van der Waals surface area contributed by atoms with Gasteiger partial charge in [0.15, 0.2) is 0 Å². The Hall–Kier alpha value is -2.88. The lowest BCUT2D eigenvalue weighted by Crippen LogP contribution is -2.38. The summed E-state index contributed by atoms with van der Waals surface area (Å²) in [5, 5.41) is 4.75. The predicted octanol–water partition coefficient (Wildman–Crippen LogP) is 4.41. The summed E-state index contributed by atoms with van der Waals surface area (Å²) in [5.41, 5.74) is 3.35. The Morgan fingerprint density at radius 2 is 1.58 bits per heavy atom. The van der Waals surface area contributed by atoms with E-state index >= 15 is 0 Å². The van der Waals surface area contributed by atoms with Crippen LogP contribution in [0.5, 0.6) is 0 Å².